The van der Waals surface area contributed by atoms with E-state index in [0.717, 1.165) is 4.36 Å². The lowest BCUT2D eigenvalue weighted by Crippen LogP contribution is -2.27. The minimum Gasteiger partial charge on any atom is -0.477 e. The molecule has 0 aromatic rings. The van der Waals surface area contributed by atoms with Crippen LogP contribution in [0.2, 0.25) is 0 Å². The van der Waals surface area contributed by atoms with E-state index in [1.54, 1.807) is 6.08 Å². The predicted octanol–water partition coefficient (Wildman–Crippen LogP) is 1.12. The van der Waals surface area contributed by atoms with Gasteiger partial charge < -0.3 is 10.4 Å². The molecular weight excluding hydrogens is 198 g/mol. The molecule has 5 heteroatoms. The summed E-state index contributed by atoms with van der Waals surface area (Å²) >= 11 is 7.23. The topological polar surface area (TPSA) is 49.3 Å². The largest absolute Gasteiger partial charge is 0.477 e. The molecule has 0 fully saturated rings. The number of carboxylic acid groups (broad SMARTS) is 1. The van der Waals surface area contributed by atoms with Crippen molar-refractivity contribution in [3.63, 3.8) is 0 Å². The molecule has 0 radical (unpaired) electrons. The van der Waals surface area contributed by atoms with Gasteiger partial charge in [-0.1, -0.05) is 11.6 Å². The number of carboxylic acids is 1. The molecule has 0 amide bonds. The number of carbonyl (C=O) groups is 1. The molecule has 0 saturated carbocycles. The Morgan fingerprint density at radius 1 is 1.67 bits per heavy atom. The third kappa shape index (κ3) is 1.21. The number of hydrogen-bond acceptors (Lipinski definition) is 3. The Hall–Kier alpha value is -0.610. The highest BCUT2D eigenvalue weighted by atomic mass is 35.5. The molecule has 2 aliphatic heterocycles. The Labute approximate surface area is 78.5 Å². The summed E-state index contributed by atoms with van der Waals surface area (Å²) in [7, 11) is 0. The zero-order valence-corrected chi connectivity index (χ0v) is 7.52. The van der Waals surface area contributed by atoms with Crippen molar-refractivity contribution < 1.29 is 9.90 Å². The van der Waals surface area contributed by atoms with Gasteiger partial charge >= 0.3 is 5.97 Å². The molecule has 0 spiro atoms. The van der Waals surface area contributed by atoms with E-state index in [1.165, 1.54) is 11.8 Å². The van der Waals surface area contributed by atoms with Crippen molar-refractivity contribution in [2.45, 2.75) is 11.3 Å². The van der Waals surface area contributed by atoms with Crippen LogP contribution < -0.4 is 5.32 Å². The number of nitrogens with one attached hydrogen (secondary N) is 1. The van der Waals surface area contributed by atoms with E-state index in [-0.39, 0.29) is 17.0 Å². The van der Waals surface area contributed by atoms with Gasteiger partial charge in [0.1, 0.15) is 5.70 Å². The van der Waals surface area contributed by atoms with Crippen molar-refractivity contribution in [2.24, 2.45) is 0 Å². The number of thioether (sulfide) groups is 1. The monoisotopic (exact) mass is 203 g/mol. The molecule has 0 aromatic heterocycles. The van der Waals surface area contributed by atoms with Gasteiger partial charge in [-0.05, 0) is 12.2 Å². The molecule has 2 rings (SSSR count). The number of rotatable bonds is 1. The van der Waals surface area contributed by atoms with Crippen LogP contribution in [0, 0.1) is 0 Å². The molecule has 0 aliphatic carbocycles. The van der Waals surface area contributed by atoms with Crippen LogP contribution in [0.1, 0.15) is 0 Å². The second-order valence-electron chi connectivity index (χ2n) is 2.61. The van der Waals surface area contributed by atoms with Gasteiger partial charge in [0.15, 0.2) is 0 Å². The van der Waals surface area contributed by atoms with Gasteiger partial charge in [0.2, 0.25) is 0 Å². The molecule has 12 heavy (non-hydrogen) atoms. The predicted molar refractivity (Wildman–Crippen MR) is 48.0 cm³/mol. The maximum absolute atomic E-state index is 10.5. The first-order valence-corrected chi connectivity index (χ1v) is 4.68. The van der Waals surface area contributed by atoms with E-state index in [4.69, 9.17) is 16.7 Å². The van der Waals surface area contributed by atoms with E-state index in [2.05, 4.69) is 5.32 Å². The third-order valence-corrected chi connectivity index (χ3v) is 3.25. The van der Waals surface area contributed by atoms with Crippen LogP contribution in [-0.4, -0.2) is 22.4 Å². The van der Waals surface area contributed by atoms with Crippen molar-refractivity contribution in [3.8, 4) is 0 Å². The first-order valence-electron chi connectivity index (χ1n) is 3.42. The molecule has 0 saturated heterocycles. The zero-order valence-electron chi connectivity index (χ0n) is 5.95. The molecule has 2 atom stereocenters. The van der Waals surface area contributed by atoms with E-state index >= 15 is 0 Å². The standard InChI is InChI=1S/C7H6ClNO2S/c8-6-2-3-5(12-6)1-4(9-3)7(10)11/h1-3,5,9H,(H,10,11). The Morgan fingerprint density at radius 2 is 2.42 bits per heavy atom. The first-order chi connectivity index (χ1) is 5.66. The zero-order chi connectivity index (χ0) is 8.72. The van der Waals surface area contributed by atoms with E-state index in [0.29, 0.717) is 0 Å². The Bertz CT molecular complexity index is 300. The highest BCUT2D eigenvalue weighted by molar-refractivity contribution is 8.05. The fourth-order valence-electron chi connectivity index (χ4n) is 1.27. The van der Waals surface area contributed by atoms with Gasteiger partial charge in [0.05, 0.1) is 15.7 Å². The molecule has 2 unspecified atom stereocenters. The molecule has 64 valence electrons. The normalized spacial score (nSPS) is 32.1. The van der Waals surface area contributed by atoms with Crippen molar-refractivity contribution in [2.75, 3.05) is 0 Å². The van der Waals surface area contributed by atoms with Crippen LogP contribution in [0.25, 0.3) is 0 Å². The summed E-state index contributed by atoms with van der Waals surface area (Å²) in [4.78, 5) is 10.5. The van der Waals surface area contributed by atoms with Crippen LogP contribution in [0.5, 0.6) is 0 Å². The molecule has 2 aliphatic rings. The number of halogens is 1. The van der Waals surface area contributed by atoms with Crippen LogP contribution in [0.4, 0.5) is 0 Å². The highest BCUT2D eigenvalue weighted by Crippen LogP contribution is 2.38. The number of hydrogen-bond donors (Lipinski definition) is 2. The van der Waals surface area contributed by atoms with Crippen molar-refractivity contribution in [3.05, 3.63) is 22.2 Å². The summed E-state index contributed by atoms with van der Waals surface area (Å²) in [5.41, 5.74) is 0.276. The molecular formula is C7H6ClNO2S. The van der Waals surface area contributed by atoms with Crippen LogP contribution in [0.15, 0.2) is 22.2 Å². The summed E-state index contributed by atoms with van der Waals surface area (Å²) in [5.74, 6) is -0.908. The fraction of sp³-hybridized carbons (Fsp3) is 0.286. The van der Waals surface area contributed by atoms with E-state index in [1.807, 2.05) is 6.08 Å². The second kappa shape index (κ2) is 2.71. The second-order valence-corrected chi connectivity index (χ2v) is 4.46. The molecule has 3 nitrogen and oxygen atoms in total. The van der Waals surface area contributed by atoms with Crippen LogP contribution in [0.3, 0.4) is 0 Å². The summed E-state index contributed by atoms with van der Waals surface area (Å²) in [5, 5.41) is 11.7. The molecule has 2 heterocycles. The summed E-state index contributed by atoms with van der Waals surface area (Å²) in [6.07, 6.45) is 3.53. The van der Waals surface area contributed by atoms with E-state index in [9.17, 15) is 4.79 Å². The molecule has 0 aromatic carbocycles. The SMILES string of the molecule is O=C(O)C1=CC2SC(Cl)=CC2N1. The van der Waals surface area contributed by atoms with Gasteiger partial charge in [-0.3, -0.25) is 0 Å². The van der Waals surface area contributed by atoms with Crippen LogP contribution >= 0.6 is 23.4 Å². The van der Waals surface area contributed by atoms with Gasteiger partial charge in [-0.25, -0.2) is 4.79 Å². The van der Waals surface area contributed by atoms with Crippen molar-refractivity contribution >= 4 is 29.3 Å². The Balaban J connectivity index is 2.14. The number of fused-ring (bicyclic) bond motifs is 1. The van der Waals surface area contributed by atoms with Crippen molar-refractivity contribution in [1.82, 2.24) is 5.32 Å². The Kier molecular flexibility index (Phi) is 1.81. The maximum Gasteiger partial charge on any atom is 0.351 e. The highest BCUT2D eigenvalue weighted by Gasteiger charge is 2.33. The van der Waals surface area contributed by atoms with Crippen molar-refractivity contribution in [1.29, 1.82) is 0 Å². The lowest BCUT2D eigenvalue weighted by atomic mass is 10.2. The minimum absolute atomic E-state index is 0.0635. The van der Waals surface area contributed by atoms with Crippen LogP contribution in [-0.2, 0) is 4.79 Å². The maximum atomic E-state index is 10.5. The van der Waals surface area contributed by atoms with Gasteiger partial charge in [0.25, 0.3) is 0 Å². The summed E-state index contributed by atoms with van der Waals surface area (Å²) < 4.78 is 0.734. The quantitative estimate of drug-likeness (QED) is 0.671. The average Bonchev–Trinajstić information content (AvgIpc) is 2.42. The first kappa shape index (κ1) is 8.01. The average molecular weight is 204 g/mol. The molecule has 0 bridgehead atoms. The Morgan fingerprint density at radius 3 is 3.00 bits per heavy atom. The summed E-state index contributed by atoms with van der Waals surface area (Å²) in [6, 6.07) is 0.0635. The summed E-state index contributed by atoms with van der Waals surface area (Å²) in [6.45, 7) is 0. The number of aliphatic carboxylic acids is 1. The van der Waals surface area contributed by atoms with E-state index < -0.39 is 5.97 Å². The van der Waals surface area contributed by atoms with Gasteiger partial charge in [-0.2, -0.15) is 0 Å². The lowest BCUT2D eigenvalue weighted by Gasteiger charge is -2.06. The minimum atomic E-state index is -0.908. The smallest absolute Gasteiger partial charge is 0.351 e. The third-order valence-electron chi connectivity index (χ3n) is 1.80. The lowest BCUT2D eigenvalue weighted by molar-refractivity contribution is -0.133. The van der Waals surface area contributed by atoms with Gasteiger partial charge in [0, 0.05) is 0 Å². The van der Waals surface area contributed by atoms with Gasteiger partial charge in [-0.15, -0.1) is 11.8 Å². The fourth-order valence-corrected chi connectivity index (χ4v) is 2.69. The molecule has 2 N–H and O–H groups in total.